The Bertz CT molecular complexity index is 930. The van der Waals surface area contributed by atoms with Crippen LogP contribution >= 0.6 is 0 Å². The van der Waals surface area contributed by atoms with Crippen molar-refractivity contribution in [1.82, 2.24) is 10.4 Å². The molecule has 0 aliphatic heterocycles. The fourth-order valence-electron chi connectivity index (χ4n) is 2.79. The Morgan fingerprint density at radius 1 is 1.07 bits per heavy atom. The molecule has 0 aliphatic rings. The summed E-state index contributed by atoms with van der Waals surface area (Å²) in [5.74, 6) is -1.08. The van der Waals surface area contributed by atoms with E-state index < -0.39 is 22.8 Å². The summed E-state index contributed by atoms with van der Waals surface area (Å²) in [7, 11) is 0. The summed E-state index contributed by atoms with van der Waals surface area (Å²) >= 11 is 0. The number of rotatable bonds is 4. The molecule has 1 N–H and O–H groups in total. The zero-order valence-electron chi connectivity index (χ0n) is 17.6. The number of nitro groups is 1. The van der Waals surface area contributed by atoms with Gasteiger partial charge in [0.25, 0.3) is 17.5 Å². The van der Waals surface area contributed by atoms with E-state index in [4.69, 9.17) is 0 Å². The van der Waals surface area contributed by atoms with Crippen molar-refractivity contribution in [3.05, 3.63) is 74.8 Å². The number of hydrazine groups is 1. The molecule has 1 unspecified atom stereocenters. The maximum atomic E-state index is 13.3. The smallest absolute Gasteiger partial charge is 0.267 e. The molecule has 29 heavy (non-hydrogen) atoms. The number of carbonyl (C=O) groups is 2. The third kappa shape index (κ3) is 4.99. The van der Waals surface area contributed by atoms with Gasteiger partial charge in [-0.3, -0.25) is 25.1 Å². The maximum Gasteiger partial charge on any atom is 0.285 e. The SMILES string of the molecule is Cc1ccc(C(=O)NN(C(=O)c2cccc(C)c2[N+](=O)[O-])C(C)C(C)(C)C)cc1. The minimum Gasteiger partial charge on any atom is -0.267 e. The molecule has 0 bridgehead atoms. The second-order valence-corrected chi connectivity index (χ2v) is 8.25. The third-order valence-corrected chi connectivity index (χ3v) is 5.05. The topological polar surface area (TPSA) is 92.6 Å². The van der Waals surface area contributed by atoms with Gasteiger partial charge in [-0.25, -0.2) is 5.01 Å². The highest BCUT2D eigenvalue weighted by molar-refractivity contribution is 6.01. The van der Waals surface area contributed by atoms with E-state index in [9.17, 15) is 19.7 Å². The Morgan fingerprint density at radius 2 is 1.66 bits per heavy atom. The summed E-state index contributed by atoms with van der Waals surface area (Å²) in [6.07, 6.45) is 0. The molecule has 2 rings (SSSR count). The summed E-state index contributed by atoms with van der Waals surface area (Å²) in [6.45, 7) is 11.1. The lowest BCUT2D eigenvalue weighted by atomic mass is 9.87. The Labute approximate surface area is 170 Å². The molecule has 0 aromatic heterocycles. The fourth-order valence-corrected chi connectivity index (χ4v) is 2.79. The van der Waals surface area contributed by atoms with Crippen molar-refractivity contribution >= 4 is 17.5 Å². The van der Waals surface area contributed by atoms with E-state index >= 15 is 0 Å². The predicted octanol–water partition coefficient (Wildman–Crippen LogP) is 4.43. The highest BCUT2D eigenvalue weighted by atomic mass is 16.6. The highest BCUT2D eigenvalue weighted by Crippen LogP contribution is 2.28. The van der Waals surface area contributed by atoms with Crippen LogP contribution in [0.4, 0.5) is 5.69 Å². The van der Waals surface area contributed by atoms with Crippen molar-refractivity contribution in [3.8, 4) is 0 Å². The Morgan fingerprint density at radius 3 is 2.17 bits per heavy atom. The summed E-state index contributed by atoms with van der Waals surface area (Å²) in [5.41, 5.74) is 3.76. The number of nitro benzene ring substituents is 1. The lowest BCUT2D eigenvalue weighted by Gasteiger charge is -2.37. The first kappa shape index (κ1) is 22.1. The molecule has 0 fully saturated rings. The van der Waals surface area contributed by atoms with Gasteiger partial charge in [0.2, 0.25) is 0 Å². The molecule has 2 aromatic carbocycles. The largest absolute Gasteiger partial charge is 0.285 e. The van der Waals surface area contributed by atoms with Gasteiger partial charge in [-0.05, 0) is 44.4 Å². The van der Waals surface area contributed by atoms with E-state index in [2.05, 4.69) is 5.43 Å². The van der Waals surface area contributed by atoms with Crippen molar-refractivity contribution in [2.45, 2.75) is 47.6 Å². The lowest BCUT2D eigenvalue weighted by molar-refractivity contribution is -0.385. The highest BCUT2D eigenvalue weighted by Gasteiger charge is 2.35. The molecule has 1 atom stereocenters. The summed E-state index contributed by atoms with van der Waals surface area (Å²) in [6, 6.07) is 11.1. The van der Waals surface area contributed by atoms with Crippen LogP contribution < -0.4 is 5.43 Å². The second-order valence-electron chi connectivity index (χ2n) is 8.25. The fraction of sp³-hybridized carbons (Fsp3) is 0.364. The molecule has 0 radical (unpaired) electrons. The predicted molar refractivity (Wildman–Crippen MR) is 112 cm³/mol. The molecule has 7 heteroatoms. The first-order chi connectivity index (χ1) is 13.4. The van der Waals surface area contributed by atoms with Gasteiger partial charge in [-0.2, -0.15) is 0 Å². The molecular formula is C22H27N3O4. The number of benzene rings is 2. The van der Waals surface area contributed by atoms with Gasteiger partial charge in [0, 0.05) is 11.1 Å². The number of aryl methyl sites for hydroxylation is 2. The Kier molecular flexibility index (Phi) is 6.41. The van der Waals surface area contributed by atoms with E-state index in [0.717, 1.165) is 5.56 Å². The monoisotopic (exact) mass is 397 g/mol. The van der Waals surface area contributed by atoms with E-state index in [1.54, 1.807) is 50.2 Å². The molecule has 0 saturated carbocycles. The van der Waals surface area contributed by atoms with Gasteiger partial charge in [-0.1, -0.05) is 50.6 Å². The third-order valence-electron chi connectivity index (χ3n) is 5.05. The molecule has 0 spiro atoms. The average molecular weight is 397 g/mol. The Balaban J connectivity index is 2.48. The van der Waals surface area contributed by atoms with Gasteiger partial charge in [0.1, 0.15) is 5.56 Å². The van der Waals surface area contributed by atoms with Crippen LogP contribution in [0, 0.1) is 29.4 Å². The first-order valence-corrected chi connectivity index (χ1v) is 9.38. The van der Waals surface area contributed by atoms with Gasteiger partial charge < -0.3 is 0 Å². The summed E-state index contributed by atoms with van der Waals surface area (Å²) in [5, 5.41) is 12.8. The van der Waals surface area contributed by atoms with Gasteiger partial charge in [-0.15, -0.1) is 0 Å². The number of para-hydroxylation sites is 1. The number of amides is 2. The minimum atomic E-state index is -0.622. The molecule has 0 aliphatic carbocycles. The lowest BCUT2D eigenvalue weighted by Crippen LogP contribution is -2.55. The van der Waals surface area contributed by atoms with E-state index in [1.165, 1.54) is 11.1 Å². The quantitative estimate of drug-likeness (QED) is 0.610. The van der Waals surface area contributed by atoms with Crippen molar-refractivity contribution in [2.75, 3.05) is 0 Å². The van der Waals surface area contributed by atoms with Crippen LogP contribution in [0.3, 0.4) is 0 Å². The summed E-state index contributed by atoms with van der Waals surface area (Å²) < 4.78 is 0. The van der Waals surface area contributed by atoms with E-state index in [-0.39, 0.29) is 16.7 Å². The van der Waals surface area contributed by atoms with Crippen LogP contribution in [0.2, 0.25) is 0 Å². The molecule has 7 nitrogen and oxygen atoms in total. The van der Waals surface area contributed by atoms with Crippen LogP contribution in [0.25, 0.3) is 0 Å². The first-order valence-electron chi connectivity index (χ1n) is 9.38. The van der Waals surface area contributed by atoms with E-state index in [0.29, 0.717) is 11.1 Å². The van der Waals surface area contributed by atoms with E-state index in [1.807, 2.05) is 27.7 Å². The van der Waals surface area contributed by atoms with Gasteiger partial charge in [0.05, 0.1) is 11.0 Å². The van der Waals surface area contributed by atoms with Crippen molar-refractivity contribution in [1.29, 1.82) is 0 Å². The second kappa shape index (κ2) is 8.43. The molecule has 2 amide bonds. The number of nitrogens with zero attached hydrogens (tertiary/aromatic N) is 2. The molecule has 0 saturated heterocycles. The Hall–Kier alpha value is -3.22. The average Bonchev–Trinajstić information content (AvgIpc) is 2.64. The van der Waals surface area contributed by atoms with Crippen LogP contribution in [-0.2, 0) is 0 Å². The van der Waals surface area contributed by atoms with Crippen molar-refractivity contribution in [2.24, 2.45) is 5.41 Å². The zero-order valence-corrected chi connectivity index (χ0v) is 17.6. The van der Waals surface area contributed by atoms with Gasteiger partial charge >= 0.3 is 0 Å². The van der Waals surface area contributed by atoms with Crippen molar-refractivity contribution < 1.29 is 14.5 Å². The number of carbonyl (C=O) groups excluding carboxylic acids is 2. The number of hydrogen-bond acceptors (Lipinski definition) is 4. The number of hydrogen-bond donors (Lipinski definition) is 1. The standard InChI is InChI=1S/C22H27N3O4/c1-14-10-12-17(13-11-14)20(26)23-24(16(3)22(4,5)6)21(27)18-9-7-8-15(2)19(18)25(28)29/h7-13,16H,1-6H3,(H,23,26). The van der Waals surface area contributed by atoms with Crippen LogP contribution in [0.1, 0.15) is 59.5 Å². The minimum absolute atomic E-state index is 0.0599. The maximum absolute atomic E-state index is 13.3. The van der Waals surface area contributed by atoms with Crippen LogP contribution in [0.5, 0.6) is 0 Å². The molecule has 154 valence electrons. The van der Waals surface area contributed by atoms with Crippen LogP contribution in [-0.4, -0.2) is 27.8 Å². The summed E-state index contributed by atoms with van der Waals surface area (Å²) in [4.78, 5) is 37.1. The van der Waals surface area contributed by atoms with Crippen LogP contribution in [0.15, 0.2) is 42.5 Å². The number of nitrogens with one attached hydrogen (secondary N) is 1. The van der Waals surface area contributed by atoms with Crippen molar-refractivity contribution in [3.63, 3.8) is 0 Å². The molecular weight excluding hydrogens is 370 g/mol. The zero-order chi connectivity index (χ0) is 21.9. The normalized spacial score (nSPS) is 12.2. The van der Waals surface area contributed by atoms with Gasteiger partial charge in [0.15, 0.2) is 0 Å². The molecule has 2 aromatic rings. The molecule has 0 heterocycles.